The van der Waals surface area contributed by atoms with E-state index in [2.05, 4.69) is 13.2 Å². The third-order valence-electron chi connectivity index (χ3n) is 2.82. The van der Waals surface area contributed by atoms with Crippen LogP contribution in [-0.4, -0.2) is 0 Å². The Morgan fingerprint density at radius 1 is 0.840 bits per heavy atom. The molecule has 2 aromatic carbocycles. The van der Waals surface area contributed by atoms with E-state index in [0.29, 0.717) is 11.5 Å². The lowest BCUT2D eigenvalue weighted by molar-refractivity contribution is 0.262. The molecule has 0 heterocycles. The van der Waals surface area contributed by atoms with Gasteiger partial charge in [-0.05, 0) is 36.4 Å². The predicted molar refractivity (Wildman–Crippen MR) is 100 cm³/mol. The average molecular weight is 354 g/mol. The summed E-state index contributed by atoms with van der Waals surface area (Å²) in [6.45, 7) is 7.22. The van der Waals surface area contributed by atoms with Gasteiger partial charge in [0, 0.05) is 0 Å². The number of hydrogen-bond donors (Lipinski definition) is 0. The van der Waals surface area contributed by atoms with Crippen molar-refractivity contribution in [1.82, 2.24) is 0 Å². The molecule has 0 saturated heterocycles. The van der Waals surface area contributed by atoms with Crippen molar-refractivity contribution in [2.75, 3.05) is 0 Å². The number of hydrogen-bond acceptors (Lipinski definition) is 4. The Morgan fingerprint density at radius 2 is 1.36 bits per heavy atom. The Balaban J connectivity index is 2.31. The van der Waals surface area contributed by atoms with Crippen molar-refractivity contribution in [3.8, 4) is 11.5 Å². The van der Waals surface area contributed by atoms with Crippen molar-refractivity contribution < 1.29 is 18.1 Å². The molecule has 0 aromatic heterocycles. The van der Waals surface area contributed by atoms with Crippen LogP contribution >= 0.6 is 7.82 Å². The van der Waals surface area contributed by atoms with Crippen molar-refractivity contribution in [2.24, 2.45) is 0 Å². The minimum atomic E-state index is -3.99. The van der Waals surface area contributed by atoms with E-state index in [4.69, 9.17) is 13.6 Å². The summed E-state index contributed by atoms with van der Waals surface area (Å²) in [5.74, 6) is 1.00. The normalized spacial score (nSPS) is 11.8. The lowest BCUT2D eigenvalue weighted by Crippen LogP contribution is -2.04. The topological polar surface area (TPSA) is 44.8 Å². The van der Waals surface area contributed by atoms with Crippen LogP contribution in [0.2, 0.25) is 0 Å². The Kier molecular flexibility index (Phi) is 6.87. The molecule has 0 unspecified atom stereocenters. The van der Waals surface area contributed by atoms with Gasteiger partial charge in [-0.25, -0.2) is 0 Å². The molecule has 25 heavy (non-hydrogen) atoms. The van der Waals surface area contributed by atoms with Crippen molar-refractivity contribution in [1.29, 1.82) is 0 Å². The fourth-order valence-corrected chi connectivity index (χ4v) is 3.05. The molecule has 0 spiro atoms. The zero-order chi connectivity index (χ0) is 18.0. The molecule has 0 atom stereocenters. The van der Waals surface area contributed by atoms with E-state index in [1.54, 1.807) is 72.8 Å². The van der Waals surface area contributed by atoms with Gasteiger partial charge in [-0.15, -0.1) is 0 Å². The van der Waals surface area contributed by atoms with Crippen molar-refractivity contribution in [3.05, 3.63) is 110 Å². The molecule has 0 bridgehead atoms. The molecular formula is C20H19O4P. The van der Waals surface area contributed by atoms with Crippen LogP contribution in [0.25, 0.3) is 0 Å². The molecule has 0 N–H and O–H groups in total. The predicted octanol–water partition coefficient (Wildman–Crippen LogP) is 6.08. The summed E-state index contributed by atoms with van der Waals surface area (Å²) in [5.41, 5.74) is 0. The van der Waals surface area contributed by atoms with Gasteiger partial charge in [0.1, 0.15) is 17.3 Å². The fourth-order valence-electron chi connectivity index (χ4n) is 1.80. The van der Waals surface area contributed by atoms with Crippen LogP contribution in [0.15, 0.2) is 110 Å². The highest BCUT2D eigenvalue weighted by atomic mass is 31.2. The highest BCUT2D eigenvalue weighted by Gasteiger charge is 2.33. The first-order valence-electron chi connectivity index (χ1n) is 7.56. The van der Waals surface area contributed by atoms with E-state index >= 15 is 0 Å². The highest BCUT2D eigenvalue weighted by Crippen LogP contribution is 2.51. The summed E-state index contributed by atoms with van der Waals surface area (Å²) in [4.78, 5) is 0. The summed E-state index contributed by atoms with van der Waals surface area (Å²) in [5, 5.41) is 0. The first kappa shape index (κ1) is 18.4. The molecule has 2 rings (SSSR count). The van der Waals surface area contributed by atoms with E-state index in [0.717, 1.165) is 0 Å². The molecule has 0 aliphatic carbocycles. The van der Waals surface area contributed by atoms with Crippen LogP contribution in [0.5, 0.6) is 11.5 Å². The van der Waals surface area contributed by atoms with Gasteiger partial charge in [-0.3, -0.25) is 0 Å². The Hall–Kier alpha value is -2.97. The molecule has 0 saturated carbocycles. The number of rotatable bonds is 9. The number of phosphoric acid groups is 1. The van der Waals surface area contributed by atoms with Gasteiger partial charge < -0.3 is 13.6 Å². The molecular weight excluding hydrogens is 335 g/mol. The second-order valence-electron chi connectivity index (χ2n) is 4.75. The first-order chi connectivity index (χ1) is 12.1. The monoisotopic (exact) mass is 354 g/mol. The molecule has 128 valence electrons. The van der Waals surface area contributed by atoms with E-state index in [1.165, 1.54) is 6.08 Å². The van der Waals surface area contributed by atoms with E-state index in [1.807, 2.05) is 12.1 Å². The first-order valence-corrected chi connectivity index (χ1v) is 9.02. The SMILES string of the molecule is C=C/C=C\C(=C/C=C)OP(=O)(Oc1ccccc1)Oc1ccccc1. The molecule has 2 aromatic rings. The summed E-state index contributed by atoms with van der Waals surface area (Å²) in [7, 11) is -3.99. The summed E-state index contributed by atoms with van der Waals surface area (Å²) >= 11 is 0. The van der Waals surface area contributed by atoms with Crippen LogP contribution in [0.4, 0.5) is 0 Å². The molecule has 0 amide bonds. The van der Waals surface area contributed by atoms with Gasteiger partial charge in [0.05, 0.1) is 0 Å². The molecule has 5 heteroatoms. The zero-order valence-corrected chi connectivity index (χ0v) is 14.5. The van der Waals surface area contributed by atoms with E-state index in [-0.39, 0.29) is 5.76 Å². The molecule has 0 aliphatic rings. The standard InChI is InChI=1S/C20H19O4P/c1-3-5-13-18(12-4-2)22-25(21,23-19-14-8-6-9-15-19)24-20-16-10-7-11-17-20/h3-17H,1-2H2/b13-5-,18-12+. The van der Waals surface area contributed by atoms with Gasteiger partial charge in [0.25, 0.3) is 0 Å². The van der Waals surface area contributed by atoms with Crippen molar-refractivity contribution in [3.63, 3.8) is 0 Å². The number of phosphoric ester groups is 1. The Labute approximate surface area is 148 Å². The Bertz CT molecular complexity index is 749. The maximum absolute atomic E-state index is 13.2. The van der Waals surface area contributed by atoms with E-state index in [9.17, 15) is 4.57 Å². The van der Waals surface area contributed by atoms with Crippen molar-refractivity contribution in [2.45, 2.75) is 0 Å². The quantitative estimate of drug-likeness (QED) is 0.311. The average Bonchev–Trinajstić information content (AvgIpc) is 2.61. The van der Waals surface area contributed by atoms with Gasteiger partial charge >= 0.3 is 7.82 Å². The summed E-state index contributed by atoms with van der Waals surface area (Å²) in [6.07, 6.45) is 7.86. The molecule has 0 radical (unpaired) electrons. The number of para-hydroxylation sites is 2. The maximum Gasteiger partial charge on any atom is 0.647 e. The second kappa shape index (κ2) is 9.36. The van der Waals surface area contributed by atoms with Gasteiger partial charge in [-0.2, -0.15) is 4.57 Å². The lowest BCUT2D eigenvalue weighted by atomic mass is 10.3. The van der Waals surface area contributed by atoms with Gasteiger partial charge in [0.15, 0.2) is 0 Å². The number of allylic oxidation sites excluding steroid dienone is 5. The number of benzene rings is 2. The van der Waals surface area contributed by atoms with E-state index < -0.39 is 7.82 Å². The maximum atomic E-state index is 13.2. The zero-order valence-electron chi connectivity index (χ0n) is 13.7. The molecule has 4 nitrogen and oxygen atoms in total. The summed E-state index contributed by atoms with van der Waals surface area (Å²) < 4.78 is 29.8. The molecule has 0 fully saturated rings. The second-order valence-corrected chi connectivity index (χ2v) is 6.19. The van der Waals surface area contributed by atoms with Crippen LogP contribution in [0, 0.1) is 0 Å². The highest BCUT2D eigenvalue weighted by molar-refractivity contribution is 7.49. The summed E-state index contributed by atoms with van der Waals surface area (Å²) in [6, 6.07) is 17.4. The third kappa shape index (κ3) is 6.21. The van der Waals surface area contributed by atoms with Gasteiger partial charge in [-0.1, -0.05) is 67.8 Å². The van der Waals surface area contributed by atoms with Crippen LogP contribution in [-0.2, 0) is 9.09 Å². The third-order valence-corrected chi connectivity index (χ3v) is 4.12. The minimum absolute atomic E-state index is 0.269. The van der Waals surface area contributed by atoms with Crippen LogP contribution < -0.4 is 9.05 Å². The fraction of sp³-hybridized carbons (Fsp3) is 0. The Morgan fingerprint density at radius 3 is 1.80 bits per heavy atom. The van der Waals surface area contributed by atoms with Crippen LogP contribution in [0.3, 0.4) is 0 Å². The molecule has 0 aliphatic heterocycles. The lowest BCUT2D eigenvalue weighted by Gasteiger charge is -2.19. The van der Waals surface area contributed by atoms with Gasteiger partial charge in [0.2, 0.25) is 0 Å². The smallest absolute Gasteiger partial charge is 0.386 e. The van der Waals surface area contributed by atoms with Crippen LogP contribution in [0.1, 0.15) is 0 Å². The minimum Gasteiger partial charge on any atom is -0.386 e. The van der Waals surface area contributed by atoms with Crippen molar-refractivity contribution >= 4 is 7.82 Å². The largest absolute Gasteiger partial charge is 0.647 e.